The quantitative estimate of drug-likeness (QED) is 0.299. The van der Waals surface area contributed by atoms with Crippen molar-refractivity contribution in [3.8, 4) is 0 Å². The van der Waals surface area contributed by atoms with Crippen molar-refractivity contribution < 1.29 is 9.59 Å². The van der Waals surface area contributed by atoms with Gasteiger partial charge >= 0.3 is 0 Å². The molecule has 3 aromatic carbocycles. The van der Waals surface area contributed by atoms with E-state index in [1.54, 1.807) is 0 Å². The second kappa shape index (κ2) is 7.92. The Balaban J connectivity index is 1.48. The van der Waals surface area contributed by atoms with Crippen LogP contribution in [0.15, 0.2) is 95.0 Å². The summed E-state index contributed by atoms with van der Waals surface area (Å²) in [6, 6.07) is 24.5. The van der Waals surface area contributed by atoms with E-state index in [9.17, 15) is 9.59 Å². The van der Waals surface area contributed by atoms with Crippen LogP contribution in [0.1, 0.15) is 22.3 Å². The Morgan fingerprint density at radius 3 is 1.56 bits per heavy atom. The molecule has 4 heteroatoms. The molecule has 1 aliphatic heterocycles. The van der Waals surface area contributed by atoms with Crippen LogP contribution in [0, 0.1) is 37.5 Å². The lowest BCUT2D eigenvalue weighted by molar-refractivity contribution is -0.122. The Morgan fingerprint density at radius 2 is 1.12 bits per heavy atom. The topological polar surface area (TPSA) is 37.4 Å². The van der Waals surface area contributed by atoms with E-state index in [2.05, 4.69) is 90.5 Å². The predicted octanol–water partition coefficient (Wildman–Crippen LogP) is 6.49. The summed E-state index contributed by atoms with van der Waals surface area (Å²) in [5, 5.41) is 0. The highest BCUT2D eigenvalue weighted by atomic mass is 79.9. The molecular formula is C30H24BrNO2. The molecular weight excluding hydrogens is 486 g/mol. The zero-order chi connectivity index (χ0) is 23.6. The molecule has 6 rings (SSSR count). The average Bonchev–Trinajstić information content (AvgIpc) is 3.47. The number of halogens is 1. The smallest absolute Gasteiger partial charge is 0.238 e. The second-order valence-corrected chi connectivity index (χ2v) is 10.5. The minimum Gasteiger partial charge on any atom is -0.274 e. The van der Waals surface area contributed by atoms with Gasteiger partial charge in [0.25, 0.3) is 0 Å². The van der Waals surface area contributed by atoms with E-state index in [1.165, 1.54) is 21.6 Å². The van der Waals surface area contributed by atoms with Gasteiger partial charge in [-0.25, -0.2) is 4.90 Å². The van der Waals surface area contributed by atoms with Crippen LogP contribution in [-0.2, 0) is 9.59 Å². The average molecular weight is 510 g/mol. The highest BCUT2D eigenvalue weighted by Crippen LogP contribution is 2.58. The molecule has 34 heavy (non-hydrogen) atoms. The number of allylic oxidation sites excluding steroid dienone is 3. The lowest BCUT2D eigenvalue weighted by Crippen LogP contribution is -2.33. The van der Waals surface area contributed by atoms with Gasteiger partial charge in [0.1, 0.15) is 0 Å². The third kappa shape index (κ3) is 3.16. The van der Waals surface area contributed by atoms with Crippen LogP contribution in [0.5, 0.6) is 0 Å². The van der Waals surface area contributed by atoms with Gasteiger partial charge in [-0.15, -0.1) is 0 Å². The first-order valence-corrected chi connectivity index (χ1v) is 12.4. The molecule has 2 bridgehead atoms. The summed E-state index contributed by atoms with van der Waals surface area (Å²) in [5.41, 5.74) is 7.69. The van der Waals surface area contributed by atoms with E-state index in [0.29, 0.717) is 5.69 Å². The normalized spacial score (nSPS) is 24.8. The number of rotatable bonds is 3. The number of anilines is 1. The van der Waals surface area contributed by atoms with Crippen molar-refractivity contribution >= 4 is 39.0 Å². The zero-order valence-electron chi connectivity index (χ0n) is 19.0. The van der Waals surface area contributed by atoms with E-state index in [4.69, 9.17) is 0 Å². The van der Waals surface area contributed by atoms with Crippen LogP contribution in [0.4, 0.5) is 5.69 Å². The predicted molar refractivity (Wildman–Crippen MR) is 138 cm³/mol. The van der Waals surface area contributed by atoms with Gasteiger partial charge in [-0.05, 0) is 60.4 Å². The zero-order valence-corrected chi connectivity index (χ0v) is 20.6. The van der Waals surface area contributed by atoms with E-state index in [-0.39, 0.29) is 35.5 Å². The van der Waals surface area contributed by atoms with Crippen molar-refractivity contribution in [1.29, 1.82) is 0 Å². The van der Waals surface area contributed by atoms with E-state index >= 15 is 0 Å². The second-order valence-electron chi connectivity index (χ2n) is 9.54. The summed E-state index contributed by atoms with van der Waals surface area (Å²) in [4.78, 5) is 28.7. The third-order valence-corrected chi connectivity index (χ3v) is 8.00. The molecule has 0 radical (unpaired) electrons. The van der Waals surface area contributed by atoms with E-state index in [0.717, 1.165) is 21.2 Å². The molecule has 2 amide bonds. The van der Waals surface area contributed by atoms with Gasteiger partial charge in [0.15, 0.2) is 0 Å². The van der Waals surface area contributed by atoms with Crippen LogP contribution >= 0.6 is 15.9 Å². The first kappa shape index (κ1) is 21.3. The van der Waals surface area contributed by atoms with Crippen LogP contribution in [0.25, 0.3) is 5.57 Å². The monoisotopic (exact) mass is 509 g/mol. The fraction of sp³-hybridized carbons (Fsp3) is 0.200. The van der Waals surface area contributed by atoms with Crippen LogP contribution < -0.4 is 4.90 Å². The van der Waals surface area contributed by atoms with Crippen LogP contribution in [-0.4, -0.2) is 11.8 Å². The molecule has 1 heterocycles. The molecule has 2 fully saturated rings. The number of fused-ring (bicyclic) bond motifs is 5. The van der Waals surface area contributed by atoms with Crippen molar-refractivity contribution in [2.24, 2.45) is 23.7 Å². The molecule has 0 aromatic heterocycles. The Labute approximate surface area is 207 Å². The fourth-order valence-corrected chi connectivity index (χ4v) is 6.15. The Morgan fingerprint density at radius 1 is 0.676 bits per heavy atom. The number of amides is 2. The van der Waals surface area contributed by atoms with Crippen molar-refractivity contribution in [3.05, 3.63) is 117 Å². The van der Waals surface area contributed by atoms with Crippen molar-refractivity contribution in [1.82, 2.24) is 0 Å². The van der Waals surface area contributed by atoms with Gasteiger partial charge in [-0.3, -0.25) is 9.59 Å². The summed E-state index contributed by atoms with van der Waals surface area (Å²) in [7, 11) is 0. The molecule has 168 valence electrons. The molecule has 0 N–H and O–H groups in total. The van der Waals surface area contributed by atoms with Gasteiger partial charge in [-0.1, -0.05) is 87.7 Å². The lowest BCUT2D eigenvalue weighted by atomic mass is 9.85. The molecule has 1 saturated heterocycles. The maximum atomic E-state index is 13.6. The summed E-state index contributed by atoms with van der Waals surface area (Å²) >= 11 is 3.43. The Hall–Kier alpha value is -3.24. The molecule has 2 aliphatic carbocycles. The summed E-state index contributed by atoms with van der Waals surface area (Å²) in [6.45, 7) is 4.17. The standard InChI is InChI=1S/C30H24BrNO2/c1-17-3-7-19(8-4-17)25(20-9-5-18(2)6-10-20)26-23-15-16-24(26)28-27(23)29(33)32(30(28)34)22-13-11-21(31)12-14-22/h3-16,23-24,27-28H,1-2H3/t23-,24-,27-,28-/m1/s1. The van der Waals surface area contributed by atoms with Crippen molar-refractivity contribution in [2.75, 3.05) is 4.90 Å². The summed E-state index contributed by atoms with van der Waals surface area (Å²) in [6.07, 6.45) is 4.31. The first-order chi connectivity index (χ1) is 16.4. The van der Waals surface area contributed by atoms with Gasteiger partial charge in [0, 0.05) is 16.3 Å². The van der Waals surface area contributed by atoms with Crippen molar-refractivity contribution in [2.45, 2.75) is 13.8 Å². The number of benzene rings is 3. The molecule has 0 unspecified atom stereocenters. The van der Waals surface area contributed by atoms with Gasteiger partial charge in [0.2, 0.25) is 11.8 Å². The third-order valence-electron chi connectivity index (χ3n) is 7.47. The summed E-state index contributed by atoms with van der Waals surface area (Å²) in [5.74, 6) is -0.981. The largest absolute Gasteiger partial charge is 0.274 e. The minimum absolute atomic E-state index is 0.0653. The number of imide groups is 1. The molecule has 3 aliphatic rings. The maximum Gasteiger partial charge on any atom is 0.238 e. The first-order valence-electron chi connectivity index (χ1n) is 11.6. The van der Waals surface area contributed by atoms with Gasteiger partial charge in [-0.2, -0.15) is 0 Å². The highest BCUT2D eigenvalue weighted by molar-refractivity contribution is 9.10. The number of hydrogen-bond acceptors (Lipinski definition) is 2. The summed E-state index contributed by atoms with van der Waals surface area (Å²) < 4.78 is 0.920. The number of aryl methyl sites for hydroxylation is 2. The van der Waals surface area contributed by atoms with E-state index in [1.807, 2.05) is 24.3 Å². The minimum atomic E-state index is -0.341. The molecule has 0 spiro atoms. The molecule has 3 aromatic rings. The fourth-order valence-electron chi connectivity index (χ4n) is 5.88. The molecule has 4 atom stereocenters. The SMILES string of the molecule is Cc1ccc(C(=C2[C@H]3C=C[C@H]2[C@H]2C(=O)N(c4ccc(Br)cc4)C(=O)[C@@H]23)c2ccc(C)cc2)cc1. The molecule has 3 nitrogen and oxygen atoms in total. The van der Waals surface area contributed by atoms with Gasteiger partial charge < -0.3 is 0 Å². The maximum absolute atomic E-state index is 13.6. The van der Waals surface area contributed by atoms with Crippen molar-refractivity contribution in [3.63, 3.8) is 0 Å². The highest BCUT2D eigenvalue weighted by Gasteiger charge is 2.62. The number of nitrogens with zero attached hydrogens (tertiary/aromatic N) is 1. The van der Waals surface area contributed by atoms with Crippen LogP contribution in [0.2, 0.25) is 0 Å². The number of carbonyl (C=O) groups excluding carboxylic acids is 2. The number of hydrogen-bond donors (Lipinski definition) is 0. The molecule has 1 saturated carbocycles. The van der Waals surface area contributed by atoms with Gasteiger partial charge in [0.05, 0.1) is 17.5 Å². The lowest BCUT2D eigenvalue weighted by Gasteiger charge is -2.22. The van der Waals surface area contributed by atoms with Crippen LogP contribution in [0.3, 0.4) is 0 Å². The number of carbonyl (C=O) groups is 2. The Kier molecular flexibility index (Phi) is 4.96. The van der Waals surface area contributed by atoms with E-state index < -0.39 is 0 Å². The Bertz CT molecular complexity index is 1290.